The van der Waals surface area contributed by atoms with Crippen molar-refractivity contribution in [2.24, 2.45) is 7.05 Å². The minimum absolute atomic E-state index is 0.768. The molecule has 0 amide bonds. The molecule has 2 heterocycles. The molecule has 0 unspecified atom stereocenters. The number of hydrogen-bond acceptors (Lipinski definition) is 4. The maximum absolute atomic E-state index is 6.00. The lowest BCUT2D eigenvalue weighted by Crippen LogP contribution is -1.99. The van der Waals surface area contributed by atoms with Crippen LogP contribution in [-0.2, 0) is 19.2 Å². The number of thioether (sulfide) groups is 1. The molecule has 0 spiro atoms. The van der Waals surface area contributed by atoms with Crippen LogP contribution < -0.4 is 0 Å². The summed E-state index contributed by atoms with van der Waals surface area (Å²) >= 11 is 9.42. The molecule has 3 rings (SSSR count). The molecule has 0 aliphatic rings. The van der Waals surface area contributed by atoms with Gasteiger partial charge in [0.1, 0.15) is 5.82 Å². The Labute approximate surface area is 137 Å². The zero-order chi connectivity index (χ0) is 14.7. The molecule has 0 saturated carbocycles. The molecule has 1 aromatic carbocycles. The maximum Gasteiger partial charge on any atom is 0.191 e. The van der Waals surface area contributed by atoms with Gasteiger partial charge in [-0.05, 0) is 29.1 Å². The van der Waals surface area contributed by atoms with Gasteiger partial charge in [0.2, 0.25) is 0 Å². The van der Waals surface area contributed by atoms with Gasteiger partial charge in [-0.3, -0.25) is 0 Å². The van der Waals surface area contributed by atoms with Gasteiger partial charge in [-0.2, -0.15) is 0 Å². The highest BCUT2D eigenvalue weighted by Gasteiger charge is 2.10. The second kappa shape index (κ2) is 6.64. The van der Waals surface area contributed by atoms with Crippen LogP contribution in [0.3, 0.4) is 0 Å². The van der Waals surface area contributed by atoms with Crippen LogP contribution in [-0.4, -0.2) is 14.8 Å². The summed E-state index contributed by atoms with van der Waals surface area (Å²) in [6.07, 6.45) is 0.832. The summed E-state index contributed by atoms with van der Waals surface area (Å²) in [7, 11) is 2.02. The third kappa shape index (κ3) is 3.67. The van der Waals surface area contributed by atoms with Gasteiger partial charge in [0, 0.05) is 29.1 Å². The van der Waals surface area contributed by atoms with E-state index in [2.05, 4.69) is 38.3 Å². The zero-order valence-corrected chi connectivity index (χ0v) is 13.9. The Hall–Kier alpha value is -1.30. The van der Waals surface area contributed by atoms with E-state index in [0.717, 1.165) is 28.2 Å². The Morgan fingerprint density at radius 3 is 2.90 bits per heavy atom. The summed E-state index contributed by atoms with van der Waals surface area (Å²) in [5, 5.41) is 12.4. The molecule has 108 valence electrons. The van der Waals surface area contributed by atoms with Crippen LogP contribution in [0.25, 0.3) is 0 Å². The molecule has 0 atom stereocenters. The highest BCUT2D eigenvalue weighted by atomic mass is 35.5. The van der Waals surface area contributed by atoms with Gasteiger partial charge >= 0.3 is 0 Å². The molecular weight excluding hydrogens is 322 g/mol. The van der Waals surface area contributed by atoms with Crippen molar-refractivity contribution in [1.29, 1.82) is 0 Å². The van der Waals surface area contributed by atoms with Gasteiger partial charge in [0.25, 0.3) is 0 Å². The van der Waals surface area contributed by atoms with Gasteiger partial charge < -0.3 is 4.57 Å². The van der Waals surface area contributed by atoms with Crippen molar-refractivity contribution in [3.63, 3.8) is 0 Å². The number of nitrogens with zero attached hydrogens (tertiary/aromatic N) is 3. The third-order valence-electron chi connectivity index (χ3n) is 3.09. The molecule has 0 aliphatic carbocycles. The Balaban J connectivity index is 1.68. The van der Waals surface area contributed by atoms with Crippen LogP contribution in [0.1, 0.15) is 16.3 Å². The topological polar surface area (TPSA) is 30.7 Å². The Morgan fingerprint density at radius 2 is 2.14 bits per heavy atom. The summed E-state index contributed by atoms with van der Waals surface area (Å²) in [5.41, 5.74) is 1.19. The van der Waals surface area contributed by atoms with E-state index in [-0.39, 0.29) is 0 Å². The summed E-state index contributed by atoms with van der Waals surface area (Å²) in [6, 6.07) is 12.1. The molecule has 21 heavy (non-hydrogen) atoms. The fourth-order valence-electron chi connectivity index (χ4n) is 1.97. The first-order chi connectivity index (χ1) is 10.2. The molecule has 0 saturated heterocycles. The van der Waals surface area contributed by atoms with Crippen molar-refractivity contribution in [3.8, 4) is 0 Å². The fourth-order valence-corrected chi connectivity index (χ4v) is 3.76. The molecule has 0 bridgehead atoms. The third-order valence-corrected chi connectivity index (χ3v) is 5.30. The van der Waals surface area contributed by atoms with Gasteiger partial charge in [0.05, 0.1) is 0 Å². The van der Waals surface area contributed by atoms with Crippen molar-refractivity contribution in [2.45, 2.75) is 17.3 Å². The van der Waals surface area contributed by atoms with Crippen molar-refractivity contribution in [3.05, 3.63) is 63.1 Å². The minimum atomic E-state index is 0.768. The zero-order valence-electron chi connectivity index (χ0n) is 11.5. The number of rotatable bonds is 5. The quantitative estimate of drug-likeness (QED) is 0.647. The summed E-state index contributed by atoms with van der Waals surface area (Å²) in [6.45, 7) is 0. The highest BCUT2D eigenvalue weighted by molar-refractivity contribution is 7.98. The van der Waals surface area contributed by atoms with E-state index < -0.39 is 0 Å². The van der Waals surface area contributed by atoms with E-state index in [0.29, 0.717) is 0 Å². The molecule has 0 radical (unpaired) electrons. The number of halogens is 1. The van der Waals surface area contributed by atoms with Gasteiger partial charge in [0.15, 0.2) is 5.16 Å². The van der Waals surface area contributed by atoms with Crippen molar-refractivity contribution >= 4 is 34.7 Å². The number of aromatic nitrogens is 3. The second-order valence-corrected chi connectivity index (χ2v) is 7.04. The molecule has 0 aliphatic heterocycles. The highest BCUT2D eigenvalue weighted by Crippen LogP contribution is 2.23. The van der Waals surface area contributed by atoms with Gasteiger partial charge in [-0.25, -0.2) is 0 Å². The molecular formula is C15H14ClN3S2. The summed E-state index contributed by atoms with van der Waals surface area (Å²) in [5.74, 6) is 1.83. The first kappa shape index (κ1) is 14.6. The SMILES string of the molecule is Cn1c(Cc2cccs2)nnc1SCc1cccc(Cl)c1. The van der Waals surface area contributed by atoms with Crippen molar-refractivity contribution in [1.82, 2.24) is 14.8 Å². The lowest BCUT2D eigenvalue weighted by molar-refractivity contribution is 0.751. The smallest absolute Gasteiger partial charge is 0.191 e. The van der Waals surface area contributed by atoms with Crippen LogP contribution in [0.5, 0.6) is 0 Å². The average Bonchev–Trinajstić information content (AvgIpc) is 3.09. The van der Waals surface area contributed by atoms with E-state index in [9.17, 15) is 0 Å². The monoisotopic (exact) mass is 335 g/mol. The lowest BCUT2D eigenvalue weighted by atomic mass is 10.2. The lowest BCUT2D eigenvalue weighted by Gasteiger charge is -2.03. The van der Waals surface area contributed by atoms with Crippen LogP contribution in [0, 0.1) is 0 Å². The van der Waals surface area contributed by atoms with Crippen LogP contribution in [0.15, 0.2) is 46.9 Å². The number of benzene rings is 1. The van der Waals surface area contributed by atoms with Gasteiger partial charge in [-0.15, -0.1) is 21.5 Å². The predicted molar refractivity (Wildman–Crippen MR) is 89.1 cm³/mol. The minimum Gasteiger partial charge on any atom is -0.309 e. The molecule has 3 nitrogen and oxygen atoms in total. The number of hydrogen-bond donors (Lipinski definition) is 0. The van der Waals surface area contributed by atoms with Crippen molar-refractivity contribution < 1.29 is 0 Å². The van der Waals surface area contributed by atoms with Crippen LogP contribution in [0.4, 0.5) is 0 Å². The summed E-state index contributed by atoms with van der Waals surface area (Å²) in [4.78, 5) is 1.30. The first-order valence-corrected chi connectivity index (χ1v) is 8.74. The summed E-state index contributed by atoms with van der Waals surface area (Å²) < 4.78 is 2.06. The molecule has 3 aromatic rings. The largest absolute Gasteiger partial charge is 0.309 e. The number of thiophene rings is 1. The Bertz CT molecular complexity index is 722. The normalized spacial score (nSPS) is 11.0. The van der Waals surface area contributed by atoms with E-state index in [1.54, 1.807) is 23.1 Å². The van der Waals surface area contributed by atoms with E-state index in [4.69, 9.17) is 11.6 Å². The van der Waals surface area contributed by atoms with E-state index in [1.165, 1.54) is 10.4 Å². The first-order valence-electron chi connectivity index (χ1n) is 6.50. The van der Waals surface area contributed by atoms with Crippen LogP contribution in [0.2, 0.25) is 5.02 Å². The molecule has 6 heteroatoms. The standard InChI is InChI=1S/C15H14ClN3S2/c1-19-14(9-13-6-3-7-20-13)17-18-15(19)21-10-11-4-2-5-12(16)8-11/h2-8H,9-10H2,1H3. The van der Waals surface area contributed by atoms with Crippen molar-refractivity contribution in [2.75, 3.05) is 0 Å². The van der Waals surface area contributed by atoms with E-state index in [1.807, 2.05) is 25.2 Å². The average molecular weight is 336 g/mol. The van der Waals surface area contributed by atoms with Crippen LogP contribution >= 0.6 is 34.7 Å². The Morgan fingerprint density at radius 1 is 1.24 bits per heavy atom. The molecule has 0 N–H and O–H groups in total. The predicted octanol–water partition coefficient (Wildman–Crippen LogP) is 4.41. The fraction of sp³-hybridized carbons (Fsp3) is 0.200. The molecule has 2 aromatic heterocycles. The second-order valence-electron chi connectivity index (χ2n) is 4.63. The molecule has 0 fully saturated rings. The maximum atomic E-state index is 6.00. The van der Waals surface area contributed by atoms with E-state index >= 15 is 0 Å². The Kier molecular flexibility index (Phi) is 4.63. The van der Waals surface area contributed by atoms with Gasteiger partial charge in [-0.1, -0.05) is 41.6 Å².